The van der Waals surface area contributed by atoms with Crippen LogP contribution in [0.2, 0.25) is 0 Å². The van der Waals surface area contributed by atoms with Gasteiger partial charge in [-0.05, 0) is 23.8 Å². The van der Waals surface area contributed by atoms with Crippen LogP contribution in [0.5, 0.6) is 0 Å². The lowest BCUT2D eigenvalue weighted by Crippen LogP contribution is -2.44. The Morgan fingerprint density at radius 1 is 1.14 bits per heavy atom. The quantitative estimate of drug-likeness (QED) is 0.877. The van der Waals surface area contributed by atoms with Crippen molar-refractivity contribution in [2.45, 2.75) is 17.4 Å². The summed E-state index contributed by atoms with van der Waals surface area (Å²) in [6.07, 6.45) is 0.779. The van der Waals surface area contributed by atoms with Gasteiger partial charge in [0, 0.05) is 29.3 Å². The van der Waals surface area contributed by atoms with Crippen LogP contribution in [0.4, 0.5) is 11.4 Å². The van der Waals surface area contributed by atoms with Gasteiger partial charge in [0.25, 0.3) is 0 Å². The van der Waals surface area contributed by atoms with Crippen molar-refractivity contribution in [1.29, 1.82) is 0 Å². The maximum atomic E-state index is 12.9. The molecule has 2 heterocycles. The van der Waals surface area contributed by atoms with Crippen molar-refractivity contribution >= 4 is 29.0 Å². The lowest BCUT2D eigenvalue weighted by atomic mass is 10.1. The normalized spacial score (nSPS) is 19.6. The van der Waals surface area contributed by atoms with Crippen LogP contribution >= 0.6 is 11.8 Å². The molecule has 0 radical (unpaired) electrons. The third-order valence-corrected chi connectivity index (χ3v) is 5.11. The van der Waals surface area contributed by atoms with E-state index in [1.165, 1.54) is 10.5 Å². The molecule has 0 aromatic heterocycles. The lowest BCUT2D eigenvalue weighted by Gasteiger charge is -2.31. The maximum Gasteiger partial charge on any atom is 0.249 e. The monoisotopic (exact) mass is 296 g/mol. The third-order valence-electron chi connectivity index (χ3n) is 4.06. The zero-order chi connectivity index (χ0) is 14.2. The molecule has 2 aromatic rings. The van der Waals surface area contributed by atoms with E-state index in [1.54, 1.807) is 0 Å². The Morgan fingerprint density at radius 2 is 1.95 bits per heavy atom. The van der Waals surface area contributed by atoms with Gasteiger partial charge >= 0.3 is 0 Å². The Balaban J connectivity index is 1.60. The van der Waals surface area contributed by atoms with E-state index in [-0.39, 0.29) is 11.9 Å². The van der Waals surface area contributed by atoms with E-state index in [2.05, 4.69) is 17.4 Å². The Bertz CT molecular complexity index is 676. The van der Waals surface area contributed by atoms with Gasteiger partial charge in [0.15, 0.2) is 0 Å². The van der Waals surface area contributed by atoms with Gasteiger partial charge < -0.3 is 10.2 Å². The fraction of sp³-hybridized carbons (Fsp3) is 0.235. The fourth-order valence-corrected chi connectivity index (χ4v) is 4.03. The van der Waals surface area contributed by atoms with E-state index in [9.17, 15) is 4.79 Å². The maximum absolute atomic E-state index is 12.9. The average molecular weight is 296 g/mol. The van der Waals surface area contributed by atoms with Crippen molar-refractivity contribution in [3.05, 3.63) is 54.1 Å². The number of thioether (sulfide) groups is 1. The van der Waals surface area contributed by atoms with Crippen molar-refractivity contribution < 1.29 is 4.79 Å². The lowest BCUT2D eigenvalue weighted by molar-refractivity contribution is -0.119. The van der Waals surface area contributed by atoms with Crippen molar-refractivity contribution in [2.75, 3.05) is 22.5 Å². The number of anilines is 2. The van der Waals surface area contributed by atoms with Crippen LogP contribution < -0.4 is 10.2 Å². The van der Waals surface area contributed by atoms with Gasteiger partial charge in [-0.1, -0.05) is 30.3 Å². The number of amides is 1. The Kier molecular flexibility index (Phi) is 3.11. The van der Waals surface area contributed by atoms with Crippen molar-refractivity contribution in [2.24, 2.45) is 0 Å². The predicted octanol–water partition coefficient (Wildman–Crippen LogP) is 3.16. The minimum Gasteiger partial charge on any atom is -0.373 e. The van der Waals surface area contributed by atoms with Crippen LogP contribution in [0.25, 0.3) is 0 Å². The van der Waals surface area contributed by atoms with Gasteiger partial charge in [-0.25, -0.2) is 0 Å². The van der Waals surface area contributed by atoms with E-state index in [0.29, 0.717) is 0 Å². The molecule has 0 spiro atoms. The second kappa shape index (κ2) is 5.11. The molecule has 4 heteroatoms. The summed E-state index contributed by atoms with van der Waals surface area (Å²) in [6.45, 7) is 0.787. The molecule has 21 heavy (non-hydrogen) atoms. The minimum atomic E-state index is -0.140. The van der Waals surface area contributed by atoms with Crippen molar-refractivity contribution in [1.82, 2.24) is 0 Å². The zero-order valence-corrected chi connectivity index (χ0v) is 12.4. The smallest absolute Gasteiger partial charge is 0.249 e. The minimum absolute atomic E-state index is 0.140. The number of rotatable bonds is 1. The van der Waals surface area contributed by atoms with Gasteiger partial charge in [-0.3, -0.25) is 4.79 Å². The molecule has 0 fully saturated rings. The first-order valence-corrected chi connectivity index (χ1v) is 8.19. The topological polar surface area (TPSA) is 32.3 Å². The summed E-state index contributed by atoms with van der Waals surface area (Å²) >= 11 is 1.83. The number of carbonyl (C=O) groups is 1. The van der Waals surface area contributed by atoms with Crippen LogP contribution in [0.1, 0.15) is 5.56 Å². The van der Waals surface area contributed by atoms with E-state index in [0.717, 1.165) is 30.1 Å². The summed E-state index contributed by atoms with van der Waals surface area (Å²) in [5.74, 6) is 1.14. The van der Waals surface area contributed by atoms with E-state index < -0.39 is 0 Å². The standard InChI is InChI=1S/C17H16N2OS/c20-17(14-11-12-5-1-2-6-13(12)18-14)19-9-10-21-16-8-4-3-7-15(16)19/h1-8,14,18H,9-11H2. The highest BCUT2D eigenvalue weighted by Gasteiger charge is 2.32. The number of benzene rings is 2. The molecule has 2 aliphatic heterocycles. The zero-order valence-electron chi connectivity index (χ0n) is 11.6. The molecule has 4 rings (SSSR count). The summed E-state index contributed by atoms with van der Waals surface area (Å²) in [5, 5.41) is 3.36. The first-order valence-electron chi connectivity index (χ1n) is 7.20. The van der Waals surface area contributed by atoms with Crippen LogP contribution in [0.15, 0.2) is 53.4 Å². The fourth-order valence-electron chi connectivity index (χ4n) is 3.03. The molecule has 1 amide bonds. The number of para-hydroxylation sites is 2. The SMILES string of the molecule is O=C(C1Cc2ccccc2N1)N1CCSc2ccccc21. The molecule has 0 saturated heterocycles. The molecule has 1 N–H and O–H groups in total. The largest absolute Gasteiger partial charge is 0.373 e. The van der Waals surface area contributed by atoms with Crippen LogP contribution in [0, 0.1) is 0 Å². The van der Waals surface area contributed by atoms with Gasteiger partial charge in [-0.15, -0.1) is 11.8 Å². The molecule has 106 valence electrons. The Labute approximate surface area is 128 Å². The molecular weight excluding hydrogens is 280 g/mol. The molecule has 2 aliphatic rings. The van der Waals surface area contributed by atoms with Crippen LogP contribution in [-0.4, -0.2) is 24.2 Å². The molecular formula is C17H16N2OS. The molecule has 0 aliphatic carbocycles. The number of hydrogen-bond donors (Lipinski definition) is 1. The summed E-state index contributed by atoms with van der Waals surface area (Å²) in [7, 11) is 0. The molecule has 2 aromatic carbocycles. The Hall–Kier alpha value is -1.94. The number of nitrogens with zero attached hydrogens (tertiary/aromatic N) is 1. The van der Waals surface area contributed by atoms with E-state index in [1.807, 2.05) is 53.1 Å². The Morgan fingerprint density at radius 3 is 2.86 bits per heavy atom. The average Bonchev–Trinajstić information content (AvgIpc) is 2.97. The number of carbonyl (C=O) groups excluding carboxylic acids is 1. The second-order valence-electron chi connectivity index (χ2n) is 5.36. The van der Waals surface area contributed by atoms with E-state index in [4.69, 9.17) is 0 Å². The highest BCUT2D eigenvalue weighted by molar-refractivity contribution is 7.99. The third kappa shape index (κ3) is 2.20. The van der Waals surface area contributed by atoms with E-state index >= 15 is 0 Å². The van der Waals surface area contributed by atoms with Crippen LogP contribution in [-0.2, 0) is 11.2 Å². The first kappa shape index (κ1) is 12.8. The highest BCUT2D eigenvalue weighted by atomic mass is 32.2. The van der Waals surface area contributed by atoms with Gasteiger partial charge in [0.2, 0.25) is 5.91 Å². The summed E-state index contributed by atoms with van der Waals surface area (Å²) in [6, 6.07) is 16.2. The number of hydrogen-bond acceptors (Lipinski definition) is 3. The molecule has 0 bridgehead atoms. The van der Waals surface area contributed by atoms with Crippen molar-refractivity contribution in [3.8, 4) is 0 Å². The highest BCUT2D eigenvalue weighted by Crippen LogP contribution is 2.35. The summed E-state index contributed by atoms with van der Waals surface area (Å²) < 4.78 is 0. The van der Waals surface area contributed by atoms with Crippen molar-refractivity contribution in [3.63, 3.8) is 0 Å². The molecule has 3 nitrogen and oxygen atoms in total. The van der Waals surface area contributed by atoms with Gasteiger partial charge in [-0.2, -0.15) is 0 Å². The summed E-state index contributed by atoms with van der Waals surface area (Å²) in [5.41, 5.74) is 3.38. The first-order chi connectivity index (χ1) is 10.3. The number of nitrogens with one attached hydrogen (secondary N) is 1. The summed E-state index contributed by atoms with van der Waals surface area (Å²) in [4.78, 5) is 16.0. The van der Waals surface area contributed by atoms with Gasteiger partial charge in [0.05, 0.1) is 5.69 Å². The molecule has 1 unspecified atom stereocenters. The van der Waals surface area contributed by atoms with Gasteiger partial charge in [0.1, 0.15) is 6.04 Å². The molecule has 1 atom stereocenters. The predicted molar refractivity (Wildman–Crippen MR) is 87.1 cm³/mol. The second-order valence-corrected chi connectivity index (χ2v) is 6.50. The molecule has 0 saturated carbocycles. The van der Waals surface area contributed by atoms with Crippen LogP contribution in [0.3, 0.4) is 0 Å². The number of fused-ring (bicyclic) bond motifs is 2.